The summed E-state index contributed by atoms with van der Waals surface area (Å²) in [5.41, 5.74) is 0.747. The third-order valence-electron chi connectivity index (χ3n) is 3.72. The Morgan fingerprint density at radius 1 is 1.00 bits per heavy atom. The molecule has 0 aromatic heterocycles. The fourth-order valence-electron chi connectivity index (χ4n) is 2.34. The van der Waals surface area contributed by atoms with E-state index in [1.807, 2.05) is 0 Å². The number of hydrogen-bond donors (Lipinski definition) is 0. The Morgan fingerprint density at radius 3 is 2.37 bits per heavy atom. The number of sulfone groups is 1. The highest BCUT2D eigenvalue weighted by molar-refractivity contribution is 7.91. The second-order valence-electron chi connectivity index (χ2n) is 5.60. The number of methoxy groups -OCH3 is 2. The van der Waals surface area contributed by atoms with Gasteiger partial charge in [-0.25, -0.2) is 13.2 Å². The van der Waals surface area contributed by atoms with Crippen LogP contribution in [-0.4, -0.2) is 41.0 Å². The largest absolute Gasteiger partial charge is 0.493 e. The molecule has 0 heterocycles. The predicted molar refractivity (Wildman–Crippen MR) is 103 cm³/mol. The second-order valence-corrected chi connectivity index (χ2v) is 7.71. The van der Waals surface area contributed by atoms with Gasteiger partial charge in [0.1, 0.15) is 0 Å². The summed E-state index contributed by atoms with van der Waals surface area (Å²) in [6, 6.07) is 13.4. The average Bonchev–Trinajstić information content (AvgIpc) is 2.70. The smallest absolute Gasteiger partial charge is 0.330 e. The number of carbonyl (C=O) groups is 1. The van der Waals surface area contributed by atoms with Gasteiger partial charge in [-0.15, -0.1) is 0 Å². The van der Waals surface area contributed by atoms with Gasteiger partial charge in [-0.1, -0.05) is 24.3 Å². The van der Waals surface area contributed by atoms with Crippen molar-refractivity contribution in [2.24, 2.45) is 0 Å². The Bertz CT molecular complexity index is 888. The Morgan fingerprint density at radius 2 is 1.70 bits per heavy atom. The van der Waals surface area contributed by atoms with Gasteiger partial charge in [0, 0.05) is 6.08 Å². The fraction of sp³-hybridized carbons (Fsp3) is 0.250. The van der Waals surface area contributed by atoms with Gasteiger partial charge in [-0.3, -0.25) is 0 Å². The molecule has 2 aromatic rings. The summed E-state index contributed by atoms with van der Waals surface area (Å²) in [6.07, 6.45) is 3.10. The number of esters is 1. The minimum Gasteiger partial charge on any atom is -0.493 e. The summed E-state index contributed by atoms with van der Waals surface area (Å²) < 4.78 is 39.6. The van der Waals surface area contributed by atoms with Crippen molar-refractivity contribution in [3.05, 3.63) is 60.2 Å². The van der Waals surface area contributed by atoms with Gasteiger partial charge in [0.2, 0.25) is 0 Å². The first-order valence-electron chi connectivity index (χ1n) is 8.31. The molecule has 0 aliphatic carbocycles. The minimum atomic E-state index is -3.36. The van der Waals surface area contributed by atoms with Crippen molar-refractivity contribution in [3.8, 4) is 11.5 Å². The zero-order chi connectivity index (χ0) is 19.7. The molecule has 0 saturated carbocycles. The van der Waals surface area contributed by atoms with Gasteiger partial charge in [0.05, 0.1) is 31.5 Å². The van der Waals surface area contributed by atoms with E-state index in [9.17, 15) is 13.2 Å². The molecule has 0 fully saturated rings. The molecule has 0 aliphatic heterocycles. The molecule has 0 saturated heterocycles. The van der Waals surface area contributed by atoms with Crippen LogP contribution in [0.15, 0.2) is 59.5 Å². The van der Waals surface area contributed by atoms with E-state index in [4.69, 9.17) is 14.2 Å². The summed E-state index contributed by atoms with van der Waals surface area (Å²) in [4.78, 5) is 12.0. The van der Waals surface area contributed by atoms with Crippen LogP contribution in [0.4, 0.5) is 0 Å². The van der Waals surface area contributed by atoms with E-state index in [-0.39, 0.29) is 23.7 Å². The van der Waals surface area contributed by atoms with Crippen LogP contribution in [-0.2, 0) is 19.4 Å². The van der Waals surface area contributed by atoms with Crippen LogP contribution in [0.1, 0.15) is 12.0 Å². The van der Waals surface area contributed by atoms with Crippen molar-refractivity contribution in [1.82, 2.24) is 0 Å². The number of carbonyl (C=O) groups excluding carboxylic acids is 1. The van der Waals surface area contributed by atoms with Gasteiger partial charge in [-0.05, 0) is 42.3 Å². The Labute approximate surface area is 159 Å². The predicted octanol–water partition coefficient (Wildman–Crippen LogP) is 3.12. The topological polar surface area (TPSA) is 78.9 Å². The summed E-state index contributed by atoms with van der Waals surface area (Å²) in [7, 11) is -0.288. The highest BCUT2D eigenvalue weighted by Crippen LogP contribution is 2.27. The molecule has 2 aromatic carbocycles. The first-order chi connectivity index (χ1) is 13.0. The molecule has 7 heteroatoms. The molecular weight excluding hydrogens is 368 g/mol. The molecule has 0 aliphatic rings. The molecule has 0 atom stereocenters. The lowest BCUT2D eigenvalue weighted by atomic mass is 10.2. The van der Waals surface area contributed by atoms with Crippen LogP contribution in [0.3, 0.4) is 0 Å². The number of benzene rings is 2. The van der Waals surface area contributed by atoms with Gasteiger partial charge in [0.25, 0.3) is 0 Å². The molecular formula is C20H22O6S. The number of ether oxygens (including phenoxy) is 3. The van der Waals surface area contributed by atoms with Gasteiger partial charge in [-0.2, -0.15) is 0 Å². The van der Waals surface area contributed by atoms with Crippen LogP contribution in [0.2, 0.25) is 0 Å². The fourth-order valence-corrected chi connectivity index (χ4v) is 3.64. The zero-order valence-electron chi connectivity index (χ0n) is 15.3. The maximum Gasteiger partial charge on any atom is 0.330 e. The molecule has 0 radical (unpaired) electrons. The quantitative estimate of drug-likeness (QED) is 0.372. The maximum absolute atomic E-state index is 12.1. The van der Waals surface area contributed by atoms with Gasteiger partial charge >= 0.3 is 5.97 Å². The van der Waals surface area contributed by atoms with E-state index in [1.54, 1.807) is 61.7 Å². The lowest BCUT2D eigenvalue weighted by Gasteiger charge is -2.07. The Balaban J connectivity index is 1.82. The normalized spacial score (nSPS) is 11.3. The monoisotopic (exact) mass is 390 g/mol. The Hall–Kier alpha value is -2.80. The van der Waals surface area contributed by atoms with Crippen molar-refractivity contribution in [1.29, 1.82) is 0 Å². The number of hydrogen-bond acceptors (Lipinski definition) is 6. The maximum atomic E-state index is 12.1. The first-order valence-corrected chi connectivity index (χ1v) is 9.96. The van der Waals surface area contributed by atoms with Crippen molar-refractivity contribution in [2.45, 2.75) is 11.3 Å². The first kappa shape index (κ1) is 20.5. The van der Waals surface area contributed by atoms with Crippen molar-refractivity contribution < 1.29 is 27.4 Å². The molecule has 144 valence electrons. The third kappa shape index (κ3) is 6.14. The SMILES string of the molecule is COc1ccc(C=CC(=O)OCCCS(=O)(=O)c2ccccc2)cc1OC. The van der Waals surface area contributed by atoms with Crippen LogP contribution in [0, 0.1) is 0 Å². The molecule has 0 bridgehead atoms. The molecule has 0 unspecified atom stereocenters. The lowest BCUT2D eigenvalue weighted by Crippen LogP contribution is -2.11. The van der Waals surface area contributed by atoms with Crippen LogP contribution < -0.4 is 9.47 Å². The minimum absolute atomic E-state index is 0.0289. The van der Waals surface area contributed by atoms with Crippen LogP contribution in [0.5, 0.6) is 11.5 Å². The van der Waals surface area contributed by atoms with Crippen LogP contribution >= 0.6 is 0 Å². The number of rotatable bonds is 9. The third-order valence-corrected chi connectivity index (χ3v) is 5.54. The van der Waals surface area contributed by atoms with E-state index >= 15 is 0 Å². The molecule has 0 amide bonds. The van der Waals surface area contributed by atoms with Crippen molar-refractivity contribution >= 4 is 21.9 Å². The molecule has 0 N–H and O–H groups in total. The standard InChI is InChI=1S/C20H22O6S/c1-24-18-11-9-16(15-19(18)25-2)10-12-20(21)26-13-6-14-27(22,23)17-7-4-3-5-8-17/h3-5,7-12,15H,6,13-14H2,1-2H3. The highest BCUT2D eigenvalue weighted by atomic mass is 32.2. The summed E-state index contributed by atoms with van der Waals surface area (Å²) in [5.74, 6) is 0.529. The van der Waals surface area contributed by atoms with E-state index in [2.05, 4.69) is 0 Å². The lowest BCUT2D eigenvalue weighted by molar-refractivity contribution is -0.137. The van der Waals surface area contributed by atoms with Crippen molar-refractivity contribution in [3.63, 3.8) is 0 Å². The zero-order valence-corrected chi connectivity index (χ0v) is 16.1. The van der Waals surface area contributed by atoms with Gasteiger partial charge < -0.3 is 14.2 Å². The molecule has 0 spiro atoms. The molecule has 6 nitrogen and oxygen atoms in total. The summed E-state index contributed by atoms with van der Waals surface area (Å²) in [5, 5.41) is 0. The summed E-state index contributed by atoms with van der Waals surface area (Å²) in [6.45, 7) is 0.0289. The van der Waals surface area contributed by atoms with Gasteiger partial charge in [0.15, 0.2) is 21.3 Å². The molecule has 27 heavy (non-hydrogen) atoms. The van der Waals surface area contributed by atoms with Crippen molar-refractivity contribution in [2.75, 3.05) is 26.6 Å². The van der Waals surface area contributed by atoms with E-state index in [1.165, 1.54) is 13.2 Å². The highest BCUT2D eigenvalue weighted by Gasteiger charge is 2.13. The van der Waals surface area contributed by atoms with Crippen LogP contribution in [0.25, 0.3) is 6.08 Å². The molecule has 2 rings (SSSR count). The Kier molecular flexibility index (Phi) is 7.43. The average molecular weight is 390 g/mol. The van der Waals surface area contributed by atoms with E-state index in [0.29, 0.717) is 11.5 Å². The van der Waals surface area contributed by atoms with E-state index < -0.39 is 15.8 Å². The second kappa shape index (κ2) is 9.78. The summed E-state index contributed by atoms with van der Waals surface area (Å²) >= 11 is 0. The van der Waals surface area contributed by atoms with E-state index in [0.717, 1.165) is 5.56 Å².